The molecule has 1 amide bonds. The van der Waals surface area contributed by atoms with E-state index in [1.54, 1.807) is 12.1 Å². The fourth-order valence-electron chi connectivity index (χ4n) is 1.52. The monoisotopic (exact) mass is 288 g/mol. The molecule has 21 heavy (non-hydrogen) atoms. The second kappa shape index (κ2) is 6.38. The number of hydrogen-bond donors (Lipinski definition) is 3. The lowest BCUT2D eigenvalue weighted by molar-refractivity contribution is -0.118. The van der Waals surface area contributed by atoms with E-state index in [9.17, 15) is 14.7 Å². The number of carbonyl (C=O) groups excluding carboxylic acids is 1. The molecule has 0 unspecified atom stereocenters. The van der Waals surface area contributed by atoms with Crippen molar-refractivity contribution in [3.05, 3.63) is 48.2 Å². The Kier molecular flexibility index (Phi) is 4.35. The number of carboxylic acids is 1. The fraction of sp³-hybridized carbons (Fsp3) is 0.0714. The van der Waals surface area contributed by atoms with E-state index < -0.39 is 11.9 Å². The van der Waals surface area contributed by atoms with Gasteiger partial charge in [0.2, 0.25) is 0 Å². The molecule has 7 heteroatoms. The molecule has 0 atom stereocenters. The number of rotatable bonds is 5. The molecular formula is C14H12N2O5. The number of benzene rings is 1. The molecule has 0 aliphatic rings. The number of phenolic OH excluding ortho intramolecular Hbond substituents is 1. The number of pyridine rings is 1. The van der Waals surface area contributed by atoms with Crippen LogP contribution in [0, 0.1) is 0 Å². The zero-order valence-corrected chi connectivity index (χ0v) is 10.8. The predicted molar refractivity (Wildman–Crippen MR) is 73.4 cm³/mol. The third-order valence-electron chi connectivity index (χ3n) is 2.46. The number of aromatic nitrogens is 1. The van der Waals surface area contributed by atoms with Crippen molar-refractivity contribution in [3.8, 4) is 11.5 Å². The van der Waals surface area contributed by atoms with Crippen molar-refractivity contribution in [1.82, 2.24) is 4.98 Å². The highest BCUT2D eigenvalue weighted by Gasteiger charge is 2.09. The van der Waals surface area contributed by atoms with Gasteiger partial charge in [0.1, 0.15) is 5.82 Å². The summed E-state index contributed by atoms with van der Waals surface area (Å²) in [5.74, 6) is -1.48. The van der Waals surface area contributed by atoms with Gasteiger partial charge in [0.25, 0.3) is 5.91 Å². The standard InChI is InChI=1S/C14H12N2O5/c17-10-5-1-2-6-11(10)21-8-13(18)16-12-7-3-4-9(15-12)14(19)20/h1-7,17H,8H2,(H,19,20)(H,15,16,18). The average Bonchev–Trinajstić information content (AvgIpc) is 2.46. The highest BCUT2D eigenvalue weighted by molar-refractivity contribution is 5.92. The van der Waals surface area contributed by atoms with Crippen LogP contribution in [0.3, 0.4) is 0 Å². The van der Waals surface area contributed by atoms with Gasteiger partial charge in [0, 0.05) is 0 Å². The maximum atomic E-state index is 11.7. The van der Waals surface area contributed by atoms with Gasteiger partial charge in [-0.25, -0.2) is 9.78 Å². The first-order valence-electron chi connectivity index (χ1n) is 5.97. The van der Waals surface area contributed by atoms with Gasteiger partial charge < -0.3 is 20.3 Å². The Hall–Kier alpha value is -3.09. The smallest absolute Gasteiger partial charge is 0.354 e. The molecule has 1 aromatic carbocycles. The van der Waals surface area contributed by atoms with Gasteiger partial charge in [-0.3, -0.25) is 4.79 Å². The number of amides is 1. The first-order valence-corrected chi connectivity index (χ1v) is 5.97. The number of anilines is 1. The van der Waals surface area contributed by atoms with Gasteiger partial charge in [-0.1, -0.05) is 18.2 Å². The summed E-state index contributed by atoms with van der Waals surface area (Å²) < 4.78 is 5.14. The molecule has 0 spiro atoms. The van der Waals surface area contributed by atoms with Crippen LogP contribution in [0.5, 0.6) is 11.5 Å². The number of nitrogens with zero attached hydrogens (tertiary/aromatic N) is 1. The summed E-state index contributed by atoms with van der Waals surface area (Å²) in [6.45, 7) is -0.337. The van der Waals surface area contributed by atoms with Crippen molar-refractivity contribution >= 4 is 17.7 Å². The van der Waals surface area contributed by atoms with Crippen LogP contribution in [0.25, 0.3) is 0 Å². The Balaban J connectivity index is 1.95. The molecule has 1 aromatic heterocycles. The zero-order valence-electron chi connectivity index (χ0n) is 10.8. The summed E-state index contributed by atoms with van der Waals surface area (Å²) in [7, 11) is 0. The third-order valence-corrected chi connectivity index (χ3v) is 2.46. The normalized spacial score (nSPS) is 9.90. The number of ether oxygens (including phenoxy) is 1. The van der Waals surface area contributed by atoms with E-state index in [1.807, 2.05) is 0 Å². The van der Waals surface area contributed by atoms with Gasteiger partial charge in [-0.05, 0) is 24.3 Å². The van der Waals surface area contributed by atoms with E-state index in [4.69, 9.17) is 9.84 Å². The van der Waals surface area contributed by atoms with Gasteiger partial charge in [-0.2, -0.15) is 0 Å². The molecule has 0 aliphatic carbocycles. The maximum Gasteiger partial charge on any atom is 0.354 e. The second-order valence-electron chi connectivity index (χ2n) is 4.02. The molecule has 7 nitrogen and oxygen atoms in total. The lowest BCUT2D eigenvalue weighted by atomic mass is 10.3. The molecule has 0 bridgehead atoms. The van der Waals surface area contributed by atoms with Crippen molar-refractivity contribution in [1.29, 1.82) is 0 Å². The van der Waals surface area contributed by atoms with E-state index in [0.717, 1.165) is 0 Å². The van der Waals surface area contributed by atoms with E-state index in [1.165, 1.54) is 30.3 Å². The molecule has 0 radical (unpaired) electrons. The minimum absolute atomic E-state index is 0.0729. The molecule has 3 N–H and O–H groups in total. The molecule has 1 heterocycles. The number of hydrogen-bond acceptors (Lipinski definition) is 5. The number of aromatic hydroxyl groups is 1. The Morgan fingerprint density at radius 3 is 2.62 bits per heavy atom. The van der Waals surface area contributed by atoms with Crippen LogP contribution in [0.1, 0.15) is 10.5 Å². The Bertz CT molecular complexity index is 672. The molecular weight excluding hydrogens is 276 g/mol. The van der Waals surface area contributed by atoms with Gasteiger partial charge in [-0.15, -0.1) is 0 Å². The minimum Gasteiger partial charge on any atom is -0.504 e. The number of carboxylic acid groups (broad SMARTS) is 1. The summed E-state index contributed by atoms with van der Waals surface area (Å²) in [5.41, 5.74) is -0.172. The quantitative estimate of drug-likeness (QED) is 0.769. The minimum atomic E-state index is -1.18. The van der Waals surface area contributed by atoms with Crippen molar-refractivity contribution in [3.63, 3.8) is 0 Å². The Labute approximate surface area is 119 Å². The SMILES string of the molecule is O=C(COc1ccccc1O)Nc1cccc(C(=O)O)n1. The molecule has 0 saturated heterocycles. The number of carbonyl (C=O) groups is 2. The van der Waals surface area contributed by atoms with Crippen molar-refractivity contribution < 1.29 is 24.5 Å². The van der Waals surface area contributed by atoms with E-state index in [-0.39, 0.29) is 29.6 Å². The molecule has 0 fully saturated rings. The zero-order chi connectivity index (χ0) is 15.2. The van der Waals surface area contributed by atoms with E-state index in [2.05, 4.69) is 10.3 Å². The number of para-hydroxylation sites is 2. The molecule has 2 aromatic rings. The van der Waals surface area contributed by atoms with Crippen LogP contribution in [0.2, 0.25) is 0 Å². The van der Waals surface area contributed by atoms with E-state index in [0.29, 0.717) is 0 Å². The van der Waals surface area contributed by atoms with E-state index >= 15 is 0 Å². The van der Waals surface area contributed by atoms with Crippen molar-refractivity contribution in [2.45, 2.75) is 0 Å². The van der Waals surface area contributed by atoms with Crippen molar-refractivity contribution in [2.75, 3.05) is 11.9 Å². The van der Waals surface area contributed by atoms with Crippen molar-refractivity contribution in [2.24, 2.45) is 0 Å². The van der Waals surface area contributed by atoms with Crippen LogP contribution in [0.4, 0.5) is 5.82 Å². The first kappa shape index (κ1) is 14.3. The summed E-state index contributed by atoms with van der Waals surface area (Å²) in [6.07, 6.45) is 0. The number of nitrogens with one attached hydrogen (secondary N) is 1. The lowest BCUT2D eigenvalue weighted by Crippen LogP contribution is -2.21. The predicted octanol–water partition coefficient (Wildman–Crippen LogP) is 1.50. The summed E-state index contributed by atoms with van der Waals surface area (Å²) >= 11 is 0. The highest BCUT2D eigenvalue weighted by Crippen LogP contribution is 2.24. The van der Waals surface area contributed by atoms with Crippen LogP contribution in [-0.2, 0) is 4.79 Å². The summed E-state index contributed by atoms with van der Waals surface area (Å²) in [4.78, 5) is 26.2. The number of phenols is 1. The topological polar surface area (TPSA) is 109 Å². The molecule has 108 valence electrons. The lowest BCUT2D eigenvalue weighted by Gasteiger charge is -2.08. The summed E-state index contributed by atoms with van der Waals surface area (Å²) in [5, 5.41) is 20.7. The third kappa shape index (κ3) is 3.93. The van der Waals surface area contributed by atoms with Crippen LogP contribution >= 0.6 is 0 Å². The van der Waals surface area contributed by atoms with Gasteiger partial charge >= 0.3 is 5.97 Å². The van der Waals surface area contributed by atoms with Gasteiger partial charge in [0.05, 0.1) is 0 Å². The first-order chi connectivity index (χ1) is 10.1. The molecule has 2 rings (SSSR count). The summed E-state index contributed by atoms with van der Waals surface area (Å²) in [6, 6.07) is 10.5. The average molecular weight is 288 g/mol. The second-order valence-corrected chi connectivity index (χ2v) is 4.02. The van der Waals surface area contributed by atoms with Crippen LogP contribution in [0.15, 0.2) is 42.5 Å². The Morgan fingerprint density at radius 2 is 1.90 bits per heavy atom. The Morgan fingerprint density at radius 1 is 1.14 bits per heavy atom. The molecule has 0 saturated carbocycles. The highest BCUT2D eigenvalue weighted by atomic mass is 16.5. The maximum absolute atomic E-state index is 11.7. The van der Waals surface area contributed by atoms with Crippen LogP contribution < -0.4 is 10.1 Å². The van der Waals surface area contributed by atoms with Gasteiger partial charge in [0.15, 0.2) is 23.8 Å². The fourth-order valence-corrected chi connectivity index (χ4v) is 1.52. The largest absolute Gasteiger partial charge is 0.504 e. The van der Waals surface area contributed by atoms with Crippen LogP contribution in [-0.4, -0.2) is 33.7 Å². The number of aromatic carboxylic acids is 1. The molecule has 0 aliphatic heterocycles.